The molecule has 0 spiro atoms. The molecule has 0 amide bonds. The number of para-hydroxylation sites is 4. The molecule has 3 heteroatoms. The Labute approximate surface area is 330 Å². The van der Waals surface area contributed by atoms with Gasteiger partial charge in [0.15, 0.2) is 5.58 Å². The van der Waals surface area contributed by atoms with Gasteiger partial charge in [0.05, 0.1) is 28.1 Å². The molecule has 0 saturated carbocycles. The summed E-state index contributed by atoms with van der Waals surface area (Å²) >= 11 is 0. The molecule has 0 aliphatic heterocycles. The highest BCUT2D eigenvalue weighted by molar-refractivity contribution is 6.19. The molecule has 0 radical (unpaired) electrons. The number of hydrogen-bond acceptors (Lipinski definition) is 2. The molecule has 3 nitrogen and oxygen atoms in total. The lowest BCUT2D eigenvalue weighted by Gasteiger charge is -2.28. The number of furan rings is 1. The Hall–Kier alpha value is -7.62. The van der Waals surface area contributed by atoms with E-state index in [1.807, 2.05) is 6.07 Å². The van der Waals surface area contributed by atoms with Crippen molar-refractivity contribution in [3.63, 3.8) is 0 Å². The van der Waals surface area contributed by atoms with Gasteiger partial charge in [0.2, 0.25) is 0 Å². The standard InChI is InChI=1S/C54H36N2O/c1-4-18-37(19-5-1)41-35-34-40(36-46(41)39-22-8-3-9-23-39)55-48-29-14-11-26-45(48)53-49(55)30-17-31-50(53)56(47-28-13-10-24-42(47)38-20-6-2-7-21-38)51-32-16-27-44-43-25-12-15-33-52(43)57-54(44)51/h1-36H. The minimum Gasteiger partial charge on any atom is -0.454 e. The topological polar surface area (TPSA) is 21.3 Å². The van der Waals surface area contributed by atoms with E-state index in [0.717, 1.165) is 72.2 Å². The number of aromatic nitrogens is 1. The fourth-order valence-corrected chi connectivity index (χ4v) is 8.69. The first-order valence-corrected chi connectivity index (χ1v) is 19.4. The third-order valence-corrected chi connectivity index (χ3v) is 11.2. The van der Waals surface area contributed by atoms with Crippen LogP contribution in [0.1, 0.15) is 0 Å². The summed E-state index contributed by atoms with van der Waals surface area (Å²) in [7, 11) is 0. The second kappa shape index (κ2) is 13.6. The van der Waals surface area contributed by atoms with Crippen LogP contribution in [0.3, 0.4) is 0 Å². The Kier molecular flexibility index (Phi) is 7.82. The van der Waals surface area contributed by atoms with Gasteiger partial charge in [-0.3, -0.25) is 0 Å². The highest BCUT2D eigenvalue weighted by Gasteiger charge is 2.26. The predicted octanol–water partition coefficient (Wildman–Crippen LogP) is 15.2. The fraction of sp³-hybridized carbons (Fsp3) is 0. The van der Waals surface area contributed by atoms with Crippen LogP contribution in [0.25, 0.3) is 82.8 Å². The summed E-state index contributed by atoms with van der Waals surface area (Å²) in [6.45, 7) is 0. The van der Waals surface area contributed by atoms with Gasteiger partial charge in [-0.15, -0.1) is 0 Å². The summed E-state index contributed by atoms with van der Waals surface area (Å²) in [6.07, 6.45) is 0. The van der Waals surface area contributed by atoms with Crippen LogP contribution >= 0.6 is 0 Å². The van der Waals surface area contributed by atoms with Gasteiger partial charge in [-0.1, -0.05) is 170 Å². The van der Waals surface area contributed by atoms with Gasteiger partial charge in [-0.05, 0) is 76.3 Å². The summed E-state index contributed by atoms with van der Waals surface area (Å²) in [6, 6.07) is 78.1. The molecule has 11 aromatic rings. The Morgan fingerprint density at radius 3 is 1.67 bits per heavy atom. The molecule has 0 aliphatic rings. The summed E-state index contributed by atoms with van der Waals surface area (Å²) in [5.74, 6) is 0. The number of fused-ring (bicyclic) bond motifs is 6. The fourth-order valence-electron chi connectivity index (χ4n) is 8.69. The van der Waals surface area contributed by atoms with E-state index >= 15 is 0 Å². The first-order valence-electron chi connectivity index (χ1n) is 19.4. The maximum atomic E-state index is 6.78. The normalized spacial score (nSPS) is 11.5. The van der Waals surface area contributed by atoms with Gasteiger partial charge < -0.3 is 13.9 Å². The summed E-state index contributed by atoms with van der Waals surface area (Å²) in [5.41, 5.74) is 15.3. The zero-order valence-electron chi connectivity index (χ0n) is 31.1. The van der Waals surface area contributed by atoms with Crippen molar-refractivity contribution < 1.29 is 4.42 Å². The molecule has 0 N–H and O–H groups in total. The maximum Gasteiger partial charge on any atom is 0.159 e. The average molecular weight is 729 g/mol. The molecule has 2 heterocycles. The van der Waals surface area contributed by atoms with Crippen LogP contribution in [0.2, 0.25) is 0 Å². The summed E-state index contributed by atoms with van der Waals surface area (Å²) in [5, 5.41) is 4.54. The number of benzene rings is 9. The number of nitrogens with zero attached hydrogens (tertiary/aromatic N) is 2. The number of hydrogen-bond donors (Lipinski definition) is 0. The van der Waals surface area contributed by atoms with E-state index in [1.165, 1.54) is 27.6 Å². The largest absolute Gasteiger partial charge is 0.454 e. The van der Waals surface area contributed by atoms with Crippen LogP contribution in [0.15, 0.2) is 223 Å². The Bertz CT molecular complexity index is 3230. The highest BCUT2D eigenvalue weighted by Crippen LogP contribution is 2.49. The molecule has 0 fully saturated rings. The molecule has 0 aliphatic carbocycles. The van der Waals surface area contributed by atoms with Crippen LogP contribution in [0.4, 0.5) is 17.1 Å². The molecule has 0 bridgehead atoms. The van der Waals surface area contributed by atoms with Crippen molar-refractivity contribution in [1.82, 2.24) is 4.57 Å². The second-order valence-electron chi connectivity index (χ2n) is 14.5. The van der Waals surface area contributed by atoms with E-state index in [4.69, 9.17) is 4.42 Å². The van der Waals surface area contributed by atoms with Crippen molar-refractivity contribution in [2.75, 3.05) is 4.90 Å². The van der Waals surface area contributed by atoms with Gasteiger partial charge >= 0.3 is 0 Å². The molecule has 268 valence electrons. The van der Waals surface area contributed by atoms with E-state index in [0.29, 0.717) is 0 Å². The Balaban J connectivity index is 1.21. The lowest BCUT2D eigenvalue weighted by molar-refractivity contribution is 0.669. The van der Waals surface area contributed by atoms with E-state index in [1.54, 1.807) is 0 Å². The van der Waals surface area contributed by atoms with Crippen LogP contribution < -0.4 is 4.90 Å². The minimum atomic E-state index is 0.853. The van der Waals surface area contributed by atoms with E-state index in [2.05, 4.69) is 222 Å². The van der Waals surface area contributed by atoms with Crippen molar-refractivity contribution in [2.24, 2.45) is 0 Å². The van der Waals surface area contributed by atoms with Crippen molar-refractivity contribution >= 4 is 60.8 Å². The third-order valence-electron chi connectivity index (χ3n) is 11.2. The monoisotopic (exact) mass is 728 g/mol. The van der Waals surface area contributed by atoms with Crippen molar-refractivity contribution in [3.05, 3.63) is 218 Å². The minimum absolute atomic E-state index is 0.853. The second-order valence-corrected chi connectivity index (χ2v) is 14.5. The van der Waals surface area contributed by atoms with Crippen LogP contribution in [-0.2, 0) is 0 Å². The molecule has 11 rings (SSSR count). The molecular formula is C54H36N2O. The van der Waals surface area contributed by atoms with Gasteiger partial charge in [0.1, 0.15) is 5.58 Å². The lowest BCUT2D eigenvalue weighted by atomic mass is 9.94. The summed E-state index contributed by atoms with van der Waals surface area (Å²) in [4.78, 5) is 2.42. The zero-order chi connectivity index (χ0) is 37.7. The zero-order valence-corrected chi connectivity index (χ0v) is 31.1. The number of anilines is 3. The first-order chi connectivity index (χ1) is 28.3. The van der Waals surface area contributed by atoms with Crippen molar-refractivity contribution in [2.45, 2.75) is 0 Å². The Morgan fingerprint density at radius 2 is 0.895 bits per heavy atom. The number of rotatable bonds is 7. The predicted molar refractivity (Wildman–Crippen MR) is 239 cm³/mol. The molecule has 9 aromatic carbocycles. The SMILES string of the molecule is c1ccc(-c2ccc(-n3c4ccccc4c4c(N(c5ccccc5-c5ccccc5)c5cccc6c5oc5ccccc56)cccc43)cc2-c2ccccc2)cc1. The van der Waals surface area contributed by atoms with E-state index in [9.17, 15) is 0 Å². The smallest absolute Gasteiger partial charge is 0.159 e. The van der Waals surface area contributed by atoms with Crippen LogP contribution in [0, 0.1) is 0 Å². The molecule has 0 atom stereocenters. The first kappa shape index (κ1) is 32.8. The van der Waals surface area contributed by atoms with E-state index < -0.39 is 0 Å². The van der Waals surface area contributed by atoms with E-state index in [-0.39, 0.29) is 0 Å². The molecule has 2 aromatic heterocycles. The highest BCUT2D eigenvalue weighted by atomic mass is 16.3. The quantitative estimate of drug-likeness (QED) is 0.163. The molecule has 57 heavy (non-hydrogen) atoms. The van der Waals surface area contributed by atoms with Gasteiger partial charge in [0, 0.05) is 32.8 Å². The van der Waals surface area contributed by atoms with Crippen molar-refractivity contribution in [1.29, 1.82) is 0 Å². The molecule has 0 saturated heterocycles. The molecule has 0 unspecified atom stereocenters. The van der Waals surface area contributed by atoms with Crippen molar-refractivity contribution in [3.8, 4) is 39.1 Å². The summed E-state index contributed by atoms with van der Waals surface area (Å²) < 4.78 is 9.21. The van der Waals surface area contributed by atoms with Crippen LogP contribution in [-0.4, -0.2) is 4.57 Å². The van der Waals surface area contributed by atoms with Gasteiger partial charge in [-0.25, -0.2) is 0 Å². The lowest BCUT2D eigenvalue weighted by Crippen LogP contribution is -2.12. The third kappa shape index (κ3) is 5.43. The Morgan fingerprint density at radius 1 is 0.351 bits per heavy atom. The van der Waals surface area contributed by atoms with Gasteiger partial charge in [-0.2, -0.15) is 0 Å². The molecular weight excluding hydrogens is 693 g/mol. The maximum absolute atomic E-state index is 6.78. The average Bonchev–Trinajstić information content (AvgIpc) is 3.84. The van der Waals surface area contributed by atoms with Gasteiger partial charge in [0.25, 0.3) is 0 Å². The van der Waals surface area contributed by atoms with Crippen LogP contribution in [0.5, 0.6) is 0 Å².